The van der Waals surface area contributed by atoms with Crippen LogP contribution in [0.3, 0.4) is 0 Å². The maximum atomic E-state index is 10.9. The Balaban J connectivity index is 2.29. The molecule has 0 aliphatic heterocycles. The molecule has 3 rings (SSSR count). The number of para-hydroxylation sites is 1. The molecule has 98 valence electrons. The maximum Gasteiger partial charge on any atom is 0.270 e. The van der Waals surface area contributed by atoms with Gasteiger partial charge >= 0.3 is 0 Å². The molecule has 2 aromatic carbocycles. The minimum atomic E-state index is -0.434. The first-order valence-electron chi connectivity index (χ1n) is 5.92. The quantitative estimate of drug-likeness (QED) is 0.568. The lowest BCUT2D eigenvalue weighted by Crippen LogP contribution is -1.98. The van der Waals surface area contributed by atoms with Crippen LogP contribution in [0.15, 0.2) is 48.5 Å². The average Bonchev–Trinajstić information content (AvgIpc) is 2.46. The van der Waals surface area contributed by atoms with Gasteiger partial charge in [0.1, 0.15) is 0 Å². The smallest absolute Gasteiger partial charge is 0.270 e. The second kappa shape index (κ2) is 4.58. The summed E-state index contributed by atoms with van der Waals surface area (Å²) in [6.07, 6.45) is 0. The van der Waals surface area contributed by atoms with Crippen molar-refractivity contribution >= 4 is 22.5 Å². The zero-order chi connectivity index (χ0) is 14.1. The number of nitrogen functional groups attached to an aromatic ring is 1. The molecular formula is C14H10N4O2. The Morgan fingerprint density at radius 2 is 1.85 bits per heavy atom. The number of nitro groups is 1. The van der Waals surface area contributed by atoms with Crippen molar-refractivity contribution in [3.63, 3.8) is 0 Å². The van der Waals surface area contributed by atoms with Crippen LogP contribution in [0.5, 0.6) is 0 Å². The Morgan fingerprint density at radius 1 is 1.05 bits per heavy atom. The van der Waals surface area contributed by atoms with Crippen LogP contribution in [-0.4, -0.2) is 14.9 Å². The number of fused-ring (bicyclic) bond motifs is 1. The van der Waals surface area contributed by atoms with E-state index in [1.54, 1.807) is 12.1 Å². The number of nitrogens with two attached hydrogens (primary N) is 1. The molecule has 6 nitrogen and oxygen atoms in total. The van der Waals surface area contributed by atoms with Crippen molar-refractivity contribution in [3.05, 3.63) is 58.6 Å². The van der Waals surface area contributed by atoms with E-state index in [0.29, 0.717) is 16.8 Å². The van der Waals surface area contributed by atoms with E-state index in [1.807, 2.05) is 24.3 Å². The summed E-state index contributed by atoms with van der Waals surface area (Å²) < 4.78 is 0. The zero-order valence-electron chi connectivity index (χ0n) is 10.4. The first-order valence-corrected chi connectivity index (χ1v) is 5.92. The summed E-state index contributed by atoms with van der Waals surface area (Å²) in [5.41, 5.74) is 7.67. The molecule has 3 aromatic rings. The molecule has 20 heavy (non-hydrogen) atoms. The van der Waals surface area contributed by atoms with Crippen molar-refractivity contribution in [2.24, 2.45) is 0 Å². The number of rotatable bonds is 2. The molecule has 0 fully saturated rings. The van der Waals surface area contributed by atoms with Gasteiger partial charge in [-0.05, 0) is 6.07 Å². The molecular weight excluding hydrogens is 256 g/mol. The molecule has 0 saturated heterocycles. The van der Waals surface area contributed by atoms with Gasteiger partial charge in [0.15, 0.2) is 0 Å². The molecule has 6 heteroatoms. The minimum Gasteiger partial charge on any atom is -0.368 e. The Hall–Kier alpha value is -3.02. The molecule has 0 amide bonds. The molecule has 0 spiro atoms. The normalized spacial score (nSPS) is 10.6. The van der Waals surface area contributed by atoms with Gasteiger partial charge in [0.25, 0.3) is 5.69 Å². The first-order chi connectivity index (χ1) is 9.65. The van der Waals surface area contributed by atoms with E-state index in [2.05, 4.69) is 9.97 Å². The number of benzene rings is 2. The fourth-order valence-corrected chi connectivity index (χ4v) is 2.08. The van der Waals surface area contributed by atoms with Crippen LogP contribution < -0.4 is 5.73 Å². The van der Waals surface area contributed by atoms with E-state index < -0.39 is 4.92 Å². The predicted octanol–water partition coefficient (Wildman–Crippen LogP) is 2.79. The largest absolute Gasteiger partial charge is 0.368 e. The Bertz CT molecular complexity index is 817. The summed E-state index contributed by atoms with van der Waals surface area (Å²) in [5, 5.41) is 11.7. The van der Waals surface area contributed by atoms with Gasteiger partial charge in [-0.25, -0.2) is 9.97 Å². The third-order valence-corrected chi connectivity index (χ3v) is 2.95. The van der Waals surface area contributed by atoms with Crippen LogP contribution in [0.25, 0.3) is 22.2 Å². The Morgan fingerprint density at radius 3 is 2.65 bits per heavy atom. The van der Waals surface area contributed by atoms with Crippen molar-refractivity contribution in [2.45, 2.75) is 0 Å². The minimum absolute atomic E-state index is 0.0174. The molecule has 0 unspecified atom stereocenters. The highest BCUT2D eigenvalue weighted by molar-refractivity contribution is 5.93. The molecule has 0 radical (unpaired) electrons. The summed E-state index contributed by atoms with van der Waals surface area (Å²) >= 11 is 0. The number of hydrogen-bond acceptors (Lipinski definition) is 5. The predicted molar refractivity (Wildman–Crippen MR) is 76.0 cm³/mol. The highest BCUT2D eigenvalue weighted by atomic mass is 16.6. The standard InChI is InChI=1S/C14H10N4O2/c15-14-16-12-7-2-1-6-11(12)13(17-14)9-4-3-5-10(8-9)18(19)20/h1-8H,(H2,15,16,17). The summed E-state index contributed by atoms with van der Waals surface area (Å²) in [6, 6.07) is 13.7. The number of anilines is 1. The molecule has 0 aliphatic carbocycles. The van der Waals surface area contributed by atoms with Gasteiger partial charge in [0.05, 0.1) is 16.1 Å². The van der Waals surface area contributed by atoms with Crippen LogP contribution in [0.1, 0.15) is 0 Å². The van der Waals surface area contributed by atoms with Crippen molar-refractivity contribution < 1.29 is 4.92 Å². The Labute approximate surface area is 114 Å². The van der Waals surface area contributed by atoms with Crippen molar-refractivity contribution in [1.29, 1.82) is 0 Å². The Kier molecular flexibility index (Phi) is 2.76. The second-order valence-electron chi connectivity index (χ2n) is 4.25. The fraction of sp³-hybridized carbons (Fsp3) is 0. The van der Waals surface area contributed by atoms with E-state index in [-0.39, 0.29) is 11.6 Å². The zero-order valence-corrected chi connectivity index (χ0v) is 10.4. The SMILES string of the molecule is Nc1nc(-c2cccc([N+](=O)[O-])c2)c2ccccc2n1. The lowest BCUT2D eigenvalue weighted by atomic mass is 10.1. The average molecular weight is 266 g/mol. The molecule has 0 bridgehead atoms. The third kappa shape index (κ3) is 2.03. The molecule has 2 N–H and O–H groups in total. The lowest BCUT2D eigenvalue weighted by molar-refractivity contribution is -0.384. The summed E-state index contributed by atoms with van der Waals surface area (Å²) in [7, 11) is 0. The first kappa shape index (κ1) is 12.0. The number of nitro benzene ring substituents is 1. The number of hydrogen-bond donors (Lipinski definition) is 1. The summed E-state index contributed by atoms with van der Waals surface area (Å²) in [6.45, 7) is 0. The van der Waals surface area contributed by atoms with Crippen molar-refractivity contribution in [3.8, 4) is 11.3 Å². The van der Waals surface area contributed by atoms with Crippen LogP contribution in [0.4, 0.5) is 11.6 Å². The van der Waals surface area contributed by atoms with E-state index >= 15 is 0 Å². The van der Waals surface area contributed by atoms with Crippen LogP contribution >= 0.6 is 0 Å². The third-order valence-electron chi connectivity index (χ3n) is 2.95. The van der Waals surface area contributed by atoms with Gasteiger partial charge in [-0.15, -0.1) is 0 Å². The van der Waals surface area contributed by atoms with Crippen molar-refractivity contribution in [1.82, 2.24) is 9.97 Å². The van der Waals surface area contributed by atoms with Crippen LogP contribution in [0.2, 0.25) is 0 Å². The van der Waals surface area contributed by atoms with Crippen LogP contribution in [-0.2, 0) is 0 Å². The van der Waals surface area contributed by atoms with E-state index in [4.69, 9.17) is 5.73 Å². The number of aromatic nitrogens is 2. The monoisotopic (exact) mass is 266 g/mol. The number of nitrogens with zero attached hydrogens (tertiary/aromatic N) is 3. The second-order valence-corrected chi connectivity index (χ2v) is 4.25. The summed E-state index contributed by atoms with van der Waals surface area (Å²) in [4.78, 5) is 18.8. The molecule has 0 aliphatic rings. The summed E-state index contributed by atoms with van der Waals surface area (Å²) in [5.74, 6) is 0.144. The van der Waals surface area contributed by atoms with E-state index in [9.17, 15) is 10.1 Å². The maximum absolute atomic E-state index is 10.9. The van der Waals surface area contributed by atoms with Crippen molar-refractivity contribution in [2.75, 3.05) is 5.73 Å². The van der Waals surface area contributed by atoms with Gasteiger partial charge in [-0.1, -0.05) is 30.3 Å². The van der Waals surface area contributed by atoms with E-state index in [1.165, 1.54) is 12.1 Å². The lowest BCUT2D eigenvalue weighted by Gasteiger charge is -2.06. The highest BCUT2D eigenvalue weighted by Crippen LogP contribution is 2.28. The fourth-order valence-electron chi connectivity index (χ4n) is 2.08. The van der Waals surface area contributed by atoms with Gasteiger partial charge in [0, 0.05) is 23.1 Å². The number of non-ortho nitro benzene ring substituents is 1. The topological polar surface area (TPSA) is 94.9 Å². The molecule has 0 saturated carbocycles. The van der Waals surface area contributed by atoms with Gasteiger partial charge < -0.3 is 5.73 Å². The molecule has 1 aromatic heterocycles. The van der Waals surface area contributed by atoms with Gasteiger partial charge in [-0.3, -0.25) is 10.1 Å². The van der Waals surface area contributed by atoms with Crippen LogP contribution in [0, 0.1) is 10.1 Å². The van der Waals surface area contributed by atoms with E-state index in [0.717, 1.165) is 5.39 Å². The van der Waals surface area contributed by atoms with Gasteiger partial charge in [0.2, 0.25) is 5.95 Å². The molecule has 1 heterocycles. The molecule has 0 atom stereocenters. The van der Waals surface area contributed by atoms with Gasteiger partial charge in [-0.2, -0.15) is 0 Å². The highest BCUT2D eigenvalue weighted by Gasteiger charge is 2.12.